The number of carbonyl (C=O) groups excluding carboxylic acids is 1. The van der Waals surface area contributed by atoms with Gasteiger partial charge in [0.15, 0.2) is 0 Å². The Bertz CT molecular complexity index is 1020. The number of fused-ring (bicyclic) bond motifs is 1. The van der Waals surface area contributed by atoms with Gasteiger partial charge in [0.2, 0.25) is 5.91 Å². The molecule has 2 aromatic heterocycles. The van der Waals surface area contributed by atoms with Gasteiger partial charge in [-0.3, -0.25) is 9.59 Å². The molecule has 0 atom stereocenters. The van der Waals surface area contributed by atoms with Crippen LogP contribution in [-0.2, 0) is 11.3 Å². The molecule has 0 aliphatic rings. The van der Waals surface area contributed by atoms with Gasteiger partial charge in [0, 0.05) is 17.0 Å². The summed E-state index contributed by atoms with van der Waals surface area (Å²) in [6, 6.07) is 7.03. The lowest BCUT2D eigenvalue weighted by atomic mass is 10.2. The van der Waals surface area contributed by atoms with E-state index in [1.54, 1.807) is 43.5 Å². The summed E-state index contributed by atoms with van der Waals surface area (Å²) in [7, 11) is 0. The van der Waals surface area contributed by atoms with Crippen molar-refractivity contribution in [2.24, 2.45) is 0 Å². The molecular formula is C17H16ClN5O2. The summed E-state index contributed by atoms with van der Waals surface area (Å²) in [5.41, 5.74) is 1.23. The molecule has 7 nitrogen and oxygen atoms in total. The van der Waals surface area contributed by atoms with E-state index in [9.17, 15) is 9.59 Å². The summed E-state index contributed by atoms with van der Waals surface area (Å²) in [5, 5.41) is 12.3. The largest absolute Gasteiger partial charge is 0.351 e. The number of carbonyl (C=O) groups is 1. The summed E-state index contributed by atoms with van der Waals surface area (Å²) in [6.45, 7) is 5.46. The van der Waals surface area contributed by atoms with E-state index in [-0.39, 0.29) is 12.5 Å². The first-order valence-corrected chi connectivity index (χ1v) is 7.98. The second-order valence-corrected chi connectivity index (χ2v) is 5.88. The first-order chi connectivity index (χ1) is 12.0. The molecule has 2 heterocycles. The molecule has 0 spiro atoms. The number of nitrogens with zero attached hydrogens (tertiary/aromatic N) is 4. The average Bonchev–Trinajstić information content (AvgIpc) is 3.03. The zero-order valence-electron chi connectivity index (χ0n) is 13.6. The number of rotatable bonds is 5. The van der Waals surface area contributed by atoms with Gasteiger partial charge in [0.05, 0.1) is 17.6 Å². The van der Waals surface area contributed by atoms with Crippen molar-refractivity contribution >= 4 is 28.4 Å². The van der Waals surface area contributed by atoms with E-state index < -0.39 is 5.56 Å². The molecule has 3 rings (SSSR count). The molecule has 128 valence electrons. The van der Waals surface area contributed by atoms with Crippen LogP contribution < -0.4 is 10.9 Å². The number of benzene rings is 1. The maximum Gasteiger partial charge on any atom is 0.293 e. The molecule has 0 aliphatic heterocycles. The average molecular weight is 358 g/mol. The molecule has 1 aromatic carbocycles. The molecule has 0 radical (unpaired) electrons. The van der Waals surface area contributed by atoms with Crippen LogP contribution in [0, 0.1) is 6.92 Å². The quantitative estimate of drug-likeness (QED) is 0.706. The van der Waals surface area contributed by atoms with Gasteiger partial charge in [0.1, 0.15) is 12.1 Å². The molecule has 0 saturated carbocycles. The Kier molecular flexibility index (Phi) is 4.67. The highest BCUT2D eigenvalue weighted by molar-refractivity contribution is 6.30. The second kappa shape index (κ2) is 6.90. The normalized spacial score (nSPS) is 10.8. The monoisotopic (exact) mass is 357 g/mol. The van der Waals surface area contributed by atoms with Crippen molar-refractivity contribution in [1.82, 2.24) is 24.9 Å². The summed E-state index contributed by atoms with van der Waals surface area (Å²) in [4.78, 5) is 24.7. The van der Waals surface area contributed by atoms with Crippen molar-refractivity contribution in [2.75, 3.05) is 6.54 Å². The van der Waals surface area contributed by atoms with Crippen molar-refractivity contribution in [2.45, 2.75) is 13.5 Å². The number of hydrogen-bond donors (Lipinski definition) is 1. The smallest absolute Gasteiger partial charge is 0.293 e. The van der Waals surface area contributed by atoms with Gasteiger partial charge in [0.25, 0.3) is 5.56 Å². The van der Waals surface area contributed by atoms with E-state index >= 15 is 0 Å². The molecule has 8 heteroatoms. The van der Waals surface area contributed by atoms with Gasteiger partial charge < -0.3 is 5.32 Å². The van der Waals surface area contributed by atoms with Crippen molar-refractivity contribution in [1.29, 1.82) is 0 Å². The maximum atomic E-state index is 12.8. The van der Waals surface area contributed by atoms with Crippen LogP contribution in [0.3, 0.4) is 0 Å². The third kappa shape index (κ3) is 3.32. The summed E-state index contributed by atoms with van der Waals surface area (Å²) < 4.78 is 2.65. The molecular weight excluding hydrogens is 342 g/mol. The number of aryl methyl sites for hydroxylation is 1. The van der Waals surface area contributed by atoms with E-state index in [1.165, 1.54) is 4.68 Å². The SMILES string of the molecule is C=CCNC(=O)Cn1nc(C)c2cnn(-c3cccc(Cl)c3)c2c1=O. The summed E-state index contributed by atoms with van der Waals surface area (Å²) >= 11 is 6.03. The minimum Gasteiger partial charge on any atom is -0.351 e. The fraction of sp³-hybridized carbons (Fsp3) is 0.176. The van der Waals surface area contributed by atoms with E-state index in [0.717, 1.165) is 4.68 Å². The predicted molar refractivity (Wildman–Crippen MR) is 96.1 cm³/mol. The van der Waals surface area contributed by atoms with Crippen molar-refractivity contribution in [3.8, 4) is 5.69 Å². The third-order valence-electron chi connectivity index (χ3n) is 3.66. The highest BCUT2D eigenvalue weighted by Crippen LogP contribution is 2.19. The summed E-state index contributed by atoms with van der Waals surface area (Å²) in [5.74, 6) is -0.318. The summed E-state index contributed by atoms with van der Waals surface area (Å²) in [6.07, 6.45) is 3.15. The number of halogens is 1. The Balaban J connectivity index is 2.12. The fourth-order valence-electron chi connectivity index (χ4n) is 2.51. The zero-order valence-corrected chi connectivity index (χ0v) is 14.3. The van der Waals surface area contributed by atoms with Gasteiger partial charge in [-0.25, -0.2) is 9.36 Å². The van der Waals surface area contributed by atoms with Crippen LogP contribution in [0.15, 0.2) is 47.9 Å². The van der Waals surface area contributed by atoms with Crippen LogP contribution >= 0.6 is 11.6 Å². The molecule has 0 saturated heterocycles. The minimum atomic E-state index is -0.396. The number of nitrogens with one attached hydrogen (secondary N) is 1. The van der Waals surface area contributed by atoms with Gasteiger partial charge in [-0.1, -0.05) is 23.7 Å². The molecule has 25 heavy (non-hydrogen) atoms. The van der Waals surface area contributed by atoms with Crippen molar-refractivity contribution < 1.29 is 4.79 Å². The Labute approximate surface area is 148 Å². The van der Waals surface area contributed by atoms with Crippen molar-refractivity contribution in [3.05, 3.63) is 64.2 Å². The van der Waals surface area contributed by atoms with Crippen LogP contribution in [0.5, 0.6) is 0 Å². The van der Waals surface area contributed by atoms with Crippen LogP contribution in [-0.4, -0.2) is 32.0 Å². The molecule has 0 aliphatic carbocycles. The highest BCUT2D eigenvalue weighted by atomic mass is 35.5. The van der Waals surface area contributed by atoms with Crippen LogP contribution in [0.1, 0.15) is 5.69 Å². The van der Waals surface area contributed by atoms with Gasteiger partial charge in [-0.15, -0.1) is 6.58 Å². The standard InChI is InChI=1S/C17H16ClN5O2/c1-3-7-19-15(24)10-22-17(25)16-14(11(2)21-22)9-20-23(16)13-6-4-5-12(18)8-13/h3-6,8-9H,1,7,10H2,2H3,(H,19,24). The van der Waals surface area contributed by atoms with Crippen LogP contribution in [0.2, 0.25) is 5.02 Å². The first kappa shape index (κ1) is 16.9. The Hall–Kier alpha value is -2.93. The lowest BCUT2D eigenvalue weighted by Gasteiger charge is -2.08. The van der Waals surface area contributed by atoms with Gasteiger partial charge >= 0.3 is 0 Å². The molecule has 0 unspecified atom stereocenters. The fourth-order valence-corrected chi connectivity index (χ4v) is 2.69. The molecule has 1 N–H and O–H groups in total. The number of hydrogen-bond acceptors (Lipinski definition) is 4. The van der Waals surface area contributed by atoms with E-state index in [4.69, 9.17) is 11.6 Å². The minimum absolute atomic E-state index is 0.176. The highest BCUT2D eigenvalue weighted by Gasteiger charge is 2.16. The van der Waals surface area contributed by atoms with E-state index in [2.05, 4.69) is 22.1 Å². The number of amides is 1. The van der Waals surface area contributed by atoms with Crippen LogP contribution in [0.4, 0.5) is 0 Å². The lowest BCUT2D eigenvalue weighted by Crippen LogP contribution is -2.34. The maximum absolute atomic E-state index is 12.8. The molecule has 0 fully saturated rings. The lowest BCUT2D eigenvalue weighted by molar-refractivity contribution is -0.121. The topological polar surface area (TPSA) is 81.8 Å². The molecule has 3 aromatic rings. The third-order valence-corrected chi connectivity index (χ3v) is 3.89. The Morgan fingerprint density at radius 2 is 2.24 bits per heavy atom. The van der Waals surface area contributed by atoms with Crippen LogP contribution in [0.25, 0.3) is 16.6 Å². The Morgan fingerprint density at radius 3 is 2.96 bits per heavy atom. The molecule has 0 bridgehead atoms. The zero-order chi connectivity index (χ0) is 18.0. The van der Waals surface area contributed by atoms with Gasteiger partial charge in [-0.2, -0.15) is 10.2 Å². The second-order valence-electron chi connectivity index (χ2n) is 5.44. The first-order valence-electron chi connectivity index (χ1n) is 7.60. The van der Waals surface area contributed by atoms with E-state index in [1.807, 2.05) is 0 Å². The predicted octanol–water partition coefficient (Wildman–Crippen LogP) is 1.85. The Morgan fingerprint density at radius 1 is 1.44 bits per heavy atom. The van der Waals surface area contributed by atoms with Gasteiger partial charge in [-0.05, 0) is 25.1 Å². The van der Waals surface area contributed by atoms with E-state index in [0.29, 0.717) is 33.9 Å². The molecule has 1 amide bonds. The van der Waals surface area contributed by atoms with Crippen molar-refractivity contribution in [3.63, 3.8) is 0 Å². The number of aromatic nitrogens is 4.